The number of likely N-dealkylation sites (tertiary alicyclic amines) is 1. The van der Waals surface area contributed by atoms with Gasteiger partial charge in [0.2, 0.25) is 5.91 Å². The van der Waals surface area contributed by atoms with Gasteiger partial charge in [-0.2, -0.15) is 0 Å². The molecule has 0 aromatic carbocycles. The molecule has 1 aliphatic carbocycles. The molecule has 1 saturated heterocycles. The average Bonchev–Trinajstić information content (AvgIpc) is 3.31. The fraction of sp³-hybridized carbons (Fsp3) is 0.650. The zero-order chi connectivity index (χ0) is 17.9. The first-order valence-electron chi connectivity index (χ1n) is 9.87. The van der Waals surface area contributed by atoms with Crippen molar-refractivity contribution in [2.24, 2.45) is 5.92 Å². The summed E-state index contributed by atoms with van der Waals surface area (Å²) in [4.78, 5) is 24.3. The van der Waals surface area contributed by atoms with E-state index in [4.69, 9.17) is 9.72 Å². The minimum Gasteiger partial charge on any atom is -0.383 e. The van der Waals surface area contributed by atoms with Crippen LogP contribution >= 0.6 is 0 Å². The van der Waals surface area contributed by atoms with E-state index in [1.165, 1.54) is 19.3 Å². The summed E-state index contributed by atoms with van der Waals surface area (Å²) in [6.45, 7) is 3.01. The van der Waals surface area contributed by atoms with Gasteiger partial charge in [-0.05, 0) is 31.4 Å². The number of carbonyl (C=O) groups is 1. The van der Waals surface area contributed by atoms with Crippen molar-refractivity contribution in [3.8, 4) is 0 Å². The molecule has 0 N–H and O–H groups in total. The quantitative estimate of drug-likeness (QED) is 0.826. The Kier molecular flexibility index (Phi) is 5.20. The number of rotatable bonds is 5. The fourth-order valence-electron chi connectivity index (χ4n) is 4.47. The molecule has 2 aliphatic rings. The molecule has 0 spiro atoms. The number of aromatic nitrogens is 3. The molecule has 1 saturated carbocycles. The number of fused-ring (bicyclic) bond motifs is 1. The molecule has 1 amide bonds. The van der Waals surface area contributed by atoms with Crippen molar-refractivity contribution in [3.63, 3.8) is 0 Å². The second-order valence-electron chi connectivity index (χ2n) is 7.57. The van der Waals surface area contributed by atoms with E-state index >= 15 is 0 Å². The molecule has 2 aromatic rings. The third-order valence-electron chi connectivity index (χ3n) is 5.87. The minimum atomic E-state index is 0.247. The van der Waals surface area contributed by atoms with Crippen molar-refractivity contribution in [3.05, 3.63) is 24.2 Å². The van der Waals surface area contributed by atoms with Crippen LogP contribution in [0.2, 0.25) is 0 Å². The van der Waals surface area contributed by atoms with Crippen LogP contribution < -0.4 is 0 Å². The summed E-state index contributed by atoms with van der Waals surface area (Å²) < 4.78 is 7.46. The summed E-state index contributed by atoms with van der Waals surface area (Å²) in [5, 5.41) is 0. The van der Waals surface area contributed by atoms with E-state index in [0.29, 0.717) is 12.5 Å². The third-order valence-corrected chi connectivity index (χ3v) is 5.87. The Hall–Kier alpha value is -1.95. The van der Waals surface area contributed by atoms with Crippen molar-refractivity contribution >= 4 is 17.1 Å². The molecule has 6 nitrogen and oxygen atoms in total. The highest BCUT2D eigenvalue weighted by atomic mass is 16.5. The summed E-state index contributed by atoms with van der Waals surface area (Å²) in [6.07, 6.45) is 8.60. The molecule has 6 heteroatoms. The number of methoxy groups -OCH3 is 1. The van der Waals surface area contributed by atoms with Gasteiger partial charge in [-0.1, -0.05) is 19.3 Å². The van der Waals surface area contributed by atoms with E-state index in [0.717, 1.165) is 55.9 Å². The Balaban J connectivity index is 1.53. The number of ether oxygens (including phenoxy) is 1. The van der Waals surface area contributed by atoms with Gasteiger partial charge in [-0.3, -0.25) is 4.79 Å². The number of pyridine rings is 1. The molecule has 4 rings (SSSR count). The van der Waals surface area contributed by atoms with Gasteiger partial charge in [0.05, 0.1) is 6.61 Å². The highest BCUT2D eigenvalue weighted by Crippen LogP contribution is 2.32. The maximum absolute atomic E-state index is 12.9. The molecule has 3 heterocycles. The number of hydrogen-bond donors (Lipinski definition) is 0. The van der Waals surface area contributed by atoms with E-state index in [1.54, 1.807) is 7.11 Å². The summed E-state index contributed by atoms with van der Waals surface area (Å²) in [5.74, 6) is 1.95. The predicted molar refractivity (Wildman–Crippen MR) is 99.9 cm³/mol. The van der Waals surface area contributed by atoms with Crippen molar-refractivity contribution < 1.29 is 9.53 Å². The van der Waals surface area contributed by atoms with Gasteiger partial charge in [-0.25, -0.2) is 9.97 Å². The Bertz CT molecular complexity index is 766. The topological polar surface area (TPSA) is 60.2 Å². The van der Waals surface area contributed by atoms with Crippen molar-refractivity contribution in [1.29, 1.82) is 0 Å². The lowest BCUT2D eigenvalue weighted by Gasteiger charge is -2.26. The first kappa shape index (κ1) is 17.5. The highest BCUT2D eigenvalue weighted by Gasteiger charge is 2.34. The molecule has 26 heavy (non-hydrogen) atoms. The SMILES string of the molecule is COCCn1c(C2CCN(C(=O)C3CCCCC3)C2)nc2cccnc21. The van der Waals surface area contributed by atoms with Gasteiger partial charge >= 0.3 is 0 Å². The van der Waals surface area contributed by atoms with Crippen LogP contribution in [0.1, 0.15) is 50.3 Å². The monoisotopic (exact) mass is 356 g/mol. The number of imidazole rings is 1. The van der Waals surface area contributed by atoms with Crippen LogP contribution in [0.5, 0.6) is 0 Å². The van der Waals surface area contributed by atoms with E-state index in [1.807, 2.05) is 18.3 Å². The molecule has 0 bridgehead atoms. The third kappa shape index (κ3) is 3.34. The minimum absolute atomic E-state index is 0.247. The molecular formula is C20H28N4O2. The largest absolute Gasteiger partial charge is 0.383 e. The molecule has 1 atom stereocenters. The molecule has 2 fully saturated rings. The van der Waals surface area contributed by atoms with Crippen molar-refractivity contribution in [2.75, 3.05) is 26.8 Å². The Morgan fingerprint density at radius 3 is 2.92 bits per heavy atom. The van der Waals surface area contributed by atoms with Crippen LogP contribution in [0.3, 0.4) is 0 Å². The van der Waals surface area contributed by atoms with Crippen LogP contribution in [0, 0.1) is 5.92 Å². The second kappa shape index (κ2) is 7.74. The van der Waals surface area contributed by atoms with Gasteiger partial charge in [0.1, 0.15) is 11.3 Å². The van der Waals surface area contributed by atoms with Gasteiger partial charge < -0.3 is 14.2 Å². The number of nitrogens with zero attached hydrogens (tertiary/aromatic N) is 4. The molecular weight excluding hydrogens is 328 g/mol. The first-order chi connectivity index (χ1) is 12.8. The van der Waals surface area contributed by atoms with Gasteiger partial charge in [0.15, 0.2) is 5.65 Å². The van der Waals surface area contributed by atoms with Crippen LogP contribution in [0.4, 0.5) is 0 Å². The maximum Gasteiger partial charge on any atom is 0.225 e. The van der Waals surface area contributed by atoms with Gasteiger partial charge in [0, 0.05) is 44.8 Å². The average molecular weight is 356 g/mol. The predicted octanol–water partition coefficient (Wildman–Crippen LogP) is 2.97. The molecule has 1 aliphatic heterocycles. The number of carbonyl (C=O) groups excluding carboxylic acids is 1. The van der Waals surface area contributed by atoms with E-state index in [2.05, 4.69) is 14.5 Å². The Morgan fingerprint density at radius 1 is 1.27 bits per heavy atom. The maximum atomic E-state index is 12.9. The molecule has 1 unspecified atom stereocenters. The number of hydrogen-bond acceptors (Lipinski definition) is 4. The van der Waals surface area contributed by atoms with Crippen LogP contribution in [-0.4, -0.2) is 52.1 Å². The van der Waals surface area contributed by atoms with E-state index in [-0.39, 0.29) is 11.8 Å². The lowest BCUT2D eigenvalue weighted by atomic mass is 9.88. The first-order valence-corrected chi connectivity index (χ1v) is 9.87. The molecule has 0 radical (unpaired) electrons. The lowest BCUT2D eigenvalue weighted by Crippen LogP contribution is -2.35. The van der Waals surface area contributed by atoms with Crippen LogP contribution in [0.25, 0.3) is 11.2 Å². The standard InChI is InChI=1S/C20H28N4O2/c1-26-13-12-24-18(22-17-8-5-10-21-19(17)24)16-9-11-23(14-16)20(25)15-6-3-2-4-7-15/h5,8,10,15-16H,2-4,6-7,9,11-14H2,1H3. The smallest absolute Gasteiger partial charge is 0.225 e. The van der Waals surface area contributed by atoms with E-state index in [9.17, 15) is 4.79 Å². The second-order valence-corrected chi connectivity index (χ2v) is 7.57. The summed E-state index contributed by atoms with van der Waals surface area (Å²) >= 11 is 0. The normalized spacial score (nSPS) is 21.6. The number of amides is 1. The Labute approximate surface area is 154 Å². The molecule has 140 valence electrons. The Morgan fingerprint density at radius 2 is 2.12 bits per heavy atom. The zero-order valence-electron chi connectivity index (χ0n) is 15.6. The fourth-order valence-corrected chi connectivity index (χ4v) is 4.47. The lowest BCUT2D eigenvalue weighted by molar-refractivity contribution is -0.135. The summed E-state index contributed by atoms with van der Waals surface area (Å²) in [5.41, 5.74) is 1.84. The van der Waals surface area contributed by atoms with Gasteiger partial charge in [0.25, 0.3) is 0 Å². The van der Waals surface area contributed by atoms with Crippen molar-refractivity contribution in [1.82, 2.24) is 19.4 Å². The van der Waals surface area contributed by atoms with Gasteiger partial charge in [-0.15, -0.1) is 0 Å². The molecule has 2 aromatic heterocycles. The summed E-state index contributed by atoms with van der Waals surface area (Å²) in [6, 6.07) is 3.93. The van der Waals surface area contributed by atoms with Crippen LogP contribution in [0.15, 0.2) is 18.3 Å². The van der Waals surface area contributed by atoms with Crippen molar-refractivity contribution in [2.45, 2.75) is 51.0 Å². The van der Waals surface area contributed by atoms with E-state index < -0.39 is 0 Å². The highest BCUT2D eigenvalue weighted by molar-refractivity contribution is 5.79. The summed E-state index contributed by atoms with van der Waals surface area (Å²) in [7, 11) is 1.71. The zero-order valence-corrected chi connectivity index (χ0v) is 15.6. The van der Waals surface area contributed by atoms with Crippen LogP contribution in [-0.2, 0) is 16.1 Å².